The summed E-state index contributed by atoms with van der Waals surface area (Å²) in [5.41, 5.74) is 22.5. The maximum Gasteiger partial charge on any atom is 0.237 e. The van der Waals surface area contributed by atoms with E-state index in [1.807, 2.05) is 12.1 Å². The molecule has 2 rings (SSSR count). The van der Waals surface area contributed by atoms with Gasteiger partial charge >= 0.3 is 0 Å². The molecule has 0 fully saturated rings. The van der Waals surface area contributed by atoms with Crippen LogP contribution in [0.15, 0.2) is 52.4 Å². The maximum atomic E-state index is 12.7. The van der Waals surface area contributed by atoms with Crippen LogP contribution < -0.4 is 33.6 Å². The van der Waals surface area contributed by atoms with Gasteiger partial charge in [-0.05, 0) is 41.7 Å². The Hall–Kier alpha value is -3.33. The minimum absolute atomic E-state index is 0.0518. The highest BCUT2D eigenvalue weighted by Crippen LogP contribution is 2.15. The Morgan fingerprint density at radius 2 is 1.57 bits per heavy atom. The first-order valence-electron chi connectivity index (χ1n) is 10.1. The number of carbonyl (C=O) groups is 1. The van der Waals surface area contributed by atoms with Crippen molar-refractivity contribution in [1.29, 1.82) is 0 Å². The van der Waals surface area contributed by atoms with E-state index in [2.05, 4.69) is 51.0 Å². The van der Waals surface area contributed by atoms with Crippen LogP contribution in [0.1, 0.15) is 24.8 Å². The fraction of sp³-hybridized carbons (Fsp3) is 0.381. The lowest BCUT2D eigenvalue weighted by atomic mass is 10.1. The van der Waals surface area contributed by atoms with Crippen LogP contribution in [0.2, 0.25) is 0 Å². The molecule has 162 valence electrons. The number of fused-ring (bicyclic) bond motifs is 1. The molecule has 0 aliphatic rings. The van der Waals surface area contributed by atoms with Gasteiger partial charge in [0.2, 0.25) is 5.91 Å². The van der Waals surface area contributed by atoms with Crippen LogP contribution in [0, 0.1) is 0 Å². The predicted octanol–water partition coefficient (Wildman–Crippen LogP) is 0.131. The average molecular weight is 413 g/mol. The van der Waals surface area contributed by atoms with Gasteiger partial charge in [0.15, 0.2) is 11.9 Å². The van der Waals surface area contributed by atoms with Crippen molar-refractivity contribution in [3.8, 4) is 0 Å². The number of nitrogens with two attached hydrogens (primary N) is 4. The number of hydrogen-bond donors (Lipinski definition) is 6. The first-order valence-corrected chi connectivity index (χ1v) is 10.1. The van der Waals surface area contributed by atoms with E-state index >= 15 is 0 Å². The van der Waals surface area contributed by atoms with Crippen LogP contribution in [0.5, 0.6) is 0 Å². The molecule has 1 amide bonds. The molecular formula is C21H32N8O. The largest absolute Gasteiger partial charge is 0.370 e. The molecule has 0 bridgehead atoms. The number of nitrogens with one attached hydrogen (secondary N) is 2. The Kier molecular flexibility index (Phi) is 9.39. The normalized spacial score (nSPS) is 11.6. The van der Waals surface area contributed by atoms with Crippen molar-refractivity contribution in [2.75, 3.05) is 19.6 Å². The molecule has 0 aliphatic heterocycles. The Morgan fingerprint density at radius 1 is 0.900 bits per heavy atom. The summed E-state index contributed by atoms with van der Waals surface area (Å²) in [6.07, 6.45) is 1.97. The second-order valence-electron chi connectivity index (χ2n) is 7.01. The van der Waals surface area contributed by atoms with Crippen molar-refractivity contribution in [3.05, 3.63) is 48.0 Å². The van der Waals surface area contributed by atoms with Gasteiger partial charge in [-0.3, -0.25) is 14.8 Å². The summed E-state index contributed by atoms with van der Waals surface area (Å²) in [5, 5.41) is 8.65. The van der Waals surface area contributed by atoms with E-state index in [-0.39, 0.29) is 23.9 Å². The van der Waals surface area contributed by atoms with Crippen LogP contribution in [0.25, 0.3) is 10.8 Å². The third-order valence-corrected chi connectivity index (χ3v) is 4.56. The first-order chi connectivity index (χ1) is 14.5. The summed E-state index contributed by atoms with van der Waals surface area (Å²) in [7, 11) is 0. The van der Waals surface area contributed by atoms with Crippen LogP contribution in [-0.4, -0.2) is 43.5 Å². The second kappa shape index (κ2) is 12.3. The Balaban J connectivity index is 1.92. The SMILES string of the molecule is NC(N)=NCCCNC(=O)[C@@H](CCCN=C(N)N)NCc1ccc2ccccc2c1. The van der Waals surface area contributed by atoms with E-state index in [0.717, 1.165) is 5.56 Å². The quantitative estimate of drug-likeness (QED) is 0.164. The van der Waals surface area contributed by atoms with Crippen LogP contribution in [-0.2, 0) is 11.3 Å². The fourth-order valence-electron chi connectivity index (χ4n) is 3.04. The lowest BCUT2D eigenvalue weighted by Crippen LogP contribution is -2.44. The topological polar surface area (TPSA) is 170 Å². The molecule has 0 spiro atoms. The van der Waals surface area contributed by atoms with Gasteiger partial charge in [0, 0.05) is 26.2 Å². The van der Waals surface area contributed by atoms with Gasteiger partial charge in [-0.15, -0.1) is 0 Å². The zero-order valence-electron chi connectivity index (χ0n) is 17.2. The van der Waals surface area contributed by atoms with Crippen molar-refractivity contribution in [2.24, 2.45) is 32.9 Å². The van der Waals surface area contributed by atoms with E-state index in [9.17, 15) is 4.79 Å². The van der Waals surface area contributed by atoms with Gasteiger partial charge in [-0.25, -0.2) is 0 Å². The Bertz CT molecular complexity index is 872. The van der Waals surface area contributed by atoms with Gasteiger partial charge in [-0.2, -0.15) is 0 Å². The molecule has 10 N–H and O–H groups in total. The van der Waals surface area contributed by atoms with Crippen LogP contribution in [0.3, 0.4) is 0 Å². The van der Waals surface area contributed by atoms with Gasteiger partial charge < -0.3 is 33.6 Å². The minimum Gasteiger partial charge on any atom is -0.370 e. The van der Waals surface area contributed by atoms with Crippen molar-refractivity contribution in [3.63, 3.8) is 0 Å². The number of benzene rings is 2. The molecule has 0 aromatic heterocycles. The highest BCUT2D eigenvalue weighted by atomic mass is 16.2. The van der Waals surface area contributed by atoms with Crippen molar-refractivity contribution < 1.29 is 4.79 Å². The Labute approximate surface area is 177 Å². The number of amides is 1. The summed E-state index contributed by atoms with van der Waals surface area (Å²) in [6.45, 7) is 2.04. The fourth-order valence-corrected chi connectivity index (χ4v) is 3.04. The van der Waals surface area contributed by atoms with Gasteiger partial charge in [0.05, 0.1) is 6.04 Å². The van der Waals surface area contributed by atoms with Crippen molar-refractivity contribution in [2.45, 2.75) is 31.8 Å². The van der Waals surface area contributed by atoms with Gasteiger partial charge in [0.1, 0.15) is 0 Å². The van der Waals surface area contributed by atoms with Gasteiger partial charge in [0.25, 0.3) is 0 Å². The van der Waals surface area contributed by atoms with E-state index < -0.39 is 0 Å². The summed E-state index contributed by atoms with van der Waals surface area (Å²) >= 11 is 0. The second-order valence-corrected chi connectivity index (χ2v) is 7.01. The standard InChI is InChI=1S/C21H32N8O/c22-20(23)27-10-3-7-18(19(30)26-11-4-12-28-21(24)25)29-14-15-8-9-16-5-1-2-6-17(16)13-15/h1-2,5-6,8-9,13,18,29H,3-4,7,10-12,14H2,(H,26,30)(H4,22,23,27)(H4,24,25,28)/t18-/m1/s1. The molecule has 0 heterocycles. The lowest BCUT2D eigenvalue weighted by molar-refractivity contribution is -0.123. The van der Waals surface area contributed by atoms with E-state index in [1.54, 1.807) is 0 Å². The molecule has 2 aromatic carbocycles. The summed E-state index contributed by atoms with van der Waals surface area (Å²) in [5.74, 6) is 0.0426. The van der Waals surface area contributed by atoms with Crippen molar-refractivity contribution in [1.82, 2.24) is 10.6 Å². The van der Waals surface area contributed by atoms with E-state index in [1.165, 1.54) is 10.8 Å². The highest BCUT2D eigenvalue weighted by molar-refractivity contribution is 5.83. The molecule has 9 heteroatoms. The third kappa shape index (κ3) is 8.36. The monoisotopic (exact) mass is 412 g/mol. The summed E-state index contributed by atoms with van der Waals surface area (Å²) in [6, 6.07) is 14.1. The minimum atomic E-state index is -0.353. The molecule has 0 saturated heterocycles. The average Bonchev–Trinajstić information content (AvgIpc) is 2.72. The Morgan fingerprint density at radius 3 is 2.27 bits per heavy atom. The smallest absolute Gasteiger partial charge is 0.237 e. The molecule has 2 aromatic rings. The predicted molar refractivity (Wildman–Crippen MR) is 123 cm³/mol. The molecule has 0 saturated carbocycles. The third-order valence-electron chi connectivity index (χ3n) is 4.56. The van der Waals surface area contributed by atoms with Crippen LogP contribution >= 0.6 is 0 Å². The van der Waals surface area contributed by atoms with Crippen molar-refractivity contribution >= 4 is 28.6 Å². The number of hydrogen-bond acceptors (Lipinski definition) is 4. The molecule has 30 heavy (non-hydrogen) atoms. The van der Waals surface area contributed by atoms with E-state index in [4.69, 9.17) is 22.9 Å². The number of guanidine groups is 2. The zero-order valence-corrected chi connectivity index (χ0v) is 17.2. The highest BCUT2D eigenvalue weighted by Gasteiger charge is 2.17. The number of carbonyl (C=O) groups excluding carboxylic acids is 1. The summed E-state index contributed by atoms with van der Waals surface area (Å²) < 4.78 is 0. The summed E-state index contributed by atoms with van der Waals surface area (Å²) in [4.78, 5) is 20.6. The molecule has 0 radical (unpaired) electrons. The van der Waals surface area contributed by atoms with Gasteiger partial charge in [-0.1, -0.05) is 36.4 Å². The molecule has 1 atom stereocenters. The van der Waals surface area contributed by atoms with E-state index in [0.29, 0.717) is 45.4 Å². The zero-order chi connectivity index (χ0) is 21.8. The molecular weight excluding hydrogens is 380 g/mol. The number of nitrogens with zero attached hydrogens (tertiary/aromatic N) is 2. The molecule has 0 unspecified atom stereocenters. The number of rotatable bonds is 12. The maximum absolute atomic E-state index is 12.7. The number of aliphatic imine (C=N–C) groups is 2. The lowest BCUT2D eigenvalue weighted by Gasteiger charge is -2.18. The molecule has 9 nitrogen and oxygen atoms in total. The molecule has 0 aliphatic carbocycles. The van der Waals surface area contributed by atoms with Crippen LogP contribution in [0.4, 0.5) is 0 Å². The first kappa shape index (κ1) is 23.0.